The molecule has 1 aromatic heterocycles. The number of carbonyl (C=O) groups is 1. The van der Waals surface area contributed by atoms with E-state index in [4.69, 9.17) is 4.74 Å². The Balaban J connectivity index is 1.69. The van der Waals surface area contributed by atoms with Gasteiger partial charge in [0.05, 0.1) is 18.1 Å². The summed E-state index contributed by atoms with van der Waals surface area (Å²) < 4.78 is 5.42. The molecule has 1 unspecified atom stereocenters. The molecule has 5 heteroatoms. The van der Waals surface area contributed by atoms with E-state index in [9.17, 15) is 4.79 Å². The minimum atomic E-state index is 0.237. The minimum Gasteiger partial charge on any atom is -0.379 e. The fourth-order valence-electron chi connectivity index (χ4n) is 3.26. The van der Waals surface area contributed by atoms with Gasteiger partial charge in [-0.25, -0.2) is 0 Å². The van der Waals surface area contributed by atoms with Gasteiger partial charge in [0.2, 0.25) is 0 Å². The van der Waals surface area contributed by atoms with Crippen LogP contribution in [-0.4, -0.2) is 61.1 Å². The summed E-state index contributed by atoms with van der Waals surface area (Å²) in [5, 5.41) is 2.02. The Morgan fingerprint density at radius 1 is 1.33 bits per heavy atom. The predicted molar refractivity (Wildman–Crippen MR) is 85.0 cm³/mol. The van der Waals surface area contributed by atoms with Crippen molar-refractivity contribution in [3.8, 4) is 0 Å². The highest BCUT2D eigenvalue weighted by Gasteiger charge is 2.30. The molecule has 0 bridgehead atoms. The van der Waals surface area contributed by atoms with Crippen LogP contribution in [0, 0.1) is 6.92 Å². The number of carbonyl (C=O) groups excluding carboxylic acids is 1. The number of morpholine rings is 1. The molecule has 2 aliphatic rings. The first-order valence-corrected chi connectivity index (χ1v) is 8.79. The van der Waals surface area contributed by atoms with Crippen LogP contribution in [0.25, 0.3) is 0 Å². The summed E-state index contributed by atoms with van der Waals surface area (Å²) in [5.74, 6) is 0.237. The van der Waals surface area contributed by atoms with Crippen LogP contribution in [0.15, 0.2) is 11.4 Å². The van der Waals surface area contributed by atoms with Crippen molar-refractivity contribution in [2.24, 2.45) is 0 Å². The van der Waals surface area contributed by atoms with Gasteiger partial charge in [-0.15, -0.1) is 11.3 Å². The molecule has 0 spiro atoms. The molecule has 0 radical (unpaired) electrons. The molecule has 1 atom stereocenters. The second-order valence-corrected chi connectivity index (χ2v) is 6.91. The molecule has 0 aliphatic carbocycles. The SMILES string of the molecule is Cc1ccsc1C(=O)N1CCCCC1CN1CCOCC1. The van der Waals surface area contributed by atoms with Crippen molar-refractivity contribution in [1.29, 1.82) is 0 Å². The van der Waals surface area contributed by atoms with Crippen molar-refractivity contribution in [3.05, 3.63) is 21.9 Å². The lowest BCUT2D eigenvalue weighted by molar-refractivity contribution is 0.0167. The summed E-state index contributed by atoms with van der Waals surface area (Å²) in [6.45, 7) is 7.58. The fourth-order valence-corrected chi connectivity index (χ4v) is 4.14. The third-order valence-corrected chi connectivity index (χ3v) is 5.52. The van der Waals surface area contributed by atoms with Crippen LogP contribution >= 0.6 is 11.3 Å². The second kappa shape index (κ2) is 6.90. The van der Waals surface area contributed by atoms with Crippen LogP contribution in [-0.2, 0) is 4.74 Å². The third-order valence-electron chi connectivity index (χ3n) is 4.52. The zero-order valence-corrected chi connectivity index (χ0v) is 13.5. The molecule has 1 amide bonds. The molecule has 4 nitrogen and oxygen atoms in total. The molecule has 2 fully saturated rings. The summed E-state index contributed by atoms with van der Waals surface area (Å²) in [6.07, 6.45) is 3.51. The molecular formula is C16H24N2O2S. The normalized spacial score (nSPS) is 24.2. The van der Waals surface area contributed by atoms with Gasteiger partial charge in [-0.1, -0.05) is 0 Å². The van der Waals surface area contributed by atoms with Crippen molar-refractivity contribution >= 4 is 17.2 Å². The van der Waals surface area contributed by atoms with Crippen molar-refractivity contribution in [2.75, 3.05) is 39.4 Å². The molecular weight excluding hydrogens is 284 g/mol. The van der Waals surface area contributed by atoms with Gasteiger partial charge in [0, 0.05) is 32.2 Å². The van der Waals surface area contributed by atoms with E-state index in [-0.39, 0.29) is 5.91 Å². The highest BCUT2D eigenvalue weighted by molar-refractivity contribution is 7.12. The monoisotopic (exact) mass is 308 g/mol. The Labute approximate surface area is 130 Å². The van der Waals surface area contributed by atoms with E-state index in [2.05, 4.69) is 9.80 Å². The van der Waals surface area contributed by atoms with Gasteiger partial charge in [0.25, 0.3) is 5.91 Å². The molecule has 21 heavy (non-hydrogen) atoms. The average molecular weight is 308 g/mol. The lowest BCUT2D eigenvalue weighted by Gasteiger charge is -2.39. The summed E-state index contributed by atoms with van der Waals surface area (Å²) >= 11 is 1.57. The van der Waals surface area contributed by atoms with E-state index in [1.165, 1.54) is 6.42 Å². The van der Waals surface area contributed by atoms with Gasteiger partial charge in [-0.05, 0) is 43.2 Å². The molecule has 2 aliphatic heterocycles. The summed E-state index contributed by atoms with van der Waals surface area (Å²) in [5.41, 5.74) is 1.11. The standard InChI is InChI=1S/C16H24N2O2S/c1-13-5-11-21-15(13)16(19)18-6-3-2-4-14(18)12-17-7-9-20-10-8-17/h5,11,14H,2-4,6-10,12H2,1H3. The summed E-state index contributed by atoms with van der Waals surface area (Å²) in [4.78, 5) is 18.3. The third kappa shape index (κ3) is 3.47. The first-order valence-electron chi connectivity index (χ1n) is 7.91. The number of nitrogens with zero attached hydrogens (tertiary/aromatic N) is 2. The Morgan fingerprint density at radius 3 is 2.86 bits per heavy atom. The van der Waals surface area contributed by atoms with Gasteiger partial charge in [0.1, 0.15) is 0 Å². The van der Waals surface area contributed by atoms with Gasteiger partial charge >= 0.3 is 0 Å². The van der Waals surface area contributed by atoms with Gasteiger partial charge < -0.3 is 9.64 Å². The molecule has 0 saturated carbocycles. The van der Waals surface area contributed by atoms with Crippen LogP contribution in [0.1, 0.15) is 34.5 Å². The molecule has 3 rings (SSSR count). The highest BCUT2D eigenvalue weighted by atomic mass is 32.1. The molecule has 1 aromatic rings. The van der Waals surface area contributed by atoms with Crippen molar-refractivity contribution in [3.63, 3.8) is 0 Å². The van der Waals surface area contributed by atoms with E-state index in [1.54, 1.807) is 11.3 Å². The highest BCUT2D eigenvalue weighted by Crippen LogP contribution is 2.24. The summed E-state index contributed by atoms with van der Waals surface area (Å²) in [6, 6.07) is 2.41. The second-order valence-electron chi connectivity index (χ2n) is 5.99. The molecule has 116 valence electrons. The zero-order valence-electron chi connectivity index (χ0n) is 12.7. The summed E-state index contributed by atoms with van der Waals surface area (Å²) in [7, 11) is 0. The number of ether oxygens (including phenoxy) is 1. The van der Waals surface area contributed by atoms with Gasteiger partial charge in [-0.2, -0.15) is 0 Å². The number of hydrogen-bond acceptors (Lipinski definition) is 4. The molecule has 2 saturated heterocycles. The van der Waals surface area contributed by atoms with E-state index in [1.807, 2.05) is 18.4 Å². The first-order chi connectivity index (χ1) is 10.3. The number of amides is 1. The molecule has 0 aromatic carbocycles. The van der Waals surface area contributed by atoms with Crippen LogP contribution in [0.2, 0.25) is 0 Å². The number of aryl methyl sites for hydroxylation is 1. The Kier molecular flexibility index (Phi) is 4.93. The molecule has 3 heterocycles. The van der Waals surface area contributed by atoms with Gasteiger partial charge in [0.15, 0.2) is 0 Å². The quantitative estimate of drug-likeness (QED) is 0.859. The van der Waals surface area contributed by atoms with E-state index in [0.717, 1.165) is 62.7 Å². The van der Waals surface area contributed by atoms with E-state index >= 15 is 0 Å². The number of hydrogen-bond donors (Lipinski definition) is 0. The number of thiophene rings is 1. The Bertz CT molecular complexity index is 482. The minimum absolute atomic E-state index is 0.237. The topological polar surface area (TPSA) is 32.8 Å². The first kappa shape index (κ1) is 15.0. The fraction of sp³-hybridized carbons (Fsp3) is 0.688. The van der Waals surface area contributed by atoms with Crippen molar-refractivity contribution in [1.82, 2.24) is 9.80 Å². The Morgan fingerprint density at radius 2 is 2.14 bits per heavy atom. The zero-order chi connectivity index (χ0) is 14.7. The van der Waals surface area contributed by atoms with Crippen molar-refractivity contribution in [2.45, 2.75) is 32.2 Å². The van der Waals surface area contributed by atoms with Crippen LogP contribution in [0.3, 0.4) is 0 Å². The smallest absolute Gasteiger partial charge is 0.264 e. The number of rotatable bonds is 3. The Hall–Kier alpha value is -0.910. The van der Waals surface area contributed by atoms with Gasteiger partial charge in [-0.3, -0.25) is 9.69 Å². The lowest BCUT2D eigenvalue weighted by Crippen LogP contribution is -2.51. The number of likely N-dealkylation sites (tertiary alicyclic amines) is 1. The predicted octanol–water partition coefficient (Wildman–Crippen LogP) is 2.38. The largest absolute Gasteiger partial charge is 0.379 e. The maximum Gasteiger partial charge on any atom is 0.264 e. The van der Waals surface area contributed by atoms with Crippen molar-refractivity contribution < 1.29 is 9.53 Å². The van der Waals surface area contributed by atoms with E-state index in [0.29, 0.717) is 6.04 Å². The van der Waals surface area contributed by atoms with Crippen LogP contribution in [0.5, 0.6) is 0 Å². The molecule has 0 N–H and O–H groups in total. The maximum atomic E-state index is 12.8. The van der Waals surface area contributed by atoms with E-state index < -0.39 is 0 Å². The lowest BCUT2D eigenvalue weighted by atomic mass is 10.0. The maximum absolute atomic E-state index is 12.8. The van der Waals surface area contributed by atoms with Crippen LogP contribution < -0.4 is 0 Å². The average Bonchev–Trinajstić information content (AvgIpc) is 2.94. The van der Waals surface area contributed by atoms with Crippen LogP contribution in [0.4, 0.5) is 0 Å². The number of piperidine rings is 1.